The Morgan fingerprint density at radius 1 is 1.29 bits per heavy atom. The lowest BCUT2D eigenvalue weighted by Gasteiger charge is -2.28. The summed E-state index contributed by atoms with van der Waals surface area (Å²) in [5.41, 5.74) is 0.480. The van der Waals surface area contributed by atoms with Crippen LogP contribution in [0.4, 0.5) is 0 Å². The number of amides is 1. The number of methoxy groups -OCH3 is 1. The summed E-state index contributed by atoms with van der Waals surface area (Å²) >= 11 is 0. The quantitative estimate of drug-likeness (QED) is 0.857. The highest BCUT2D eigenvalue weighted by molar-refractivity contribution is 5.97. The van der Waals surface area contributed by atoms with Gasteiger partial charge in [-0.25, -0.2) is 4.79 Å². The molecule has 1 saturated carbocycles. The number of ether oxygens (including phenoxy) is 1. The SMILES string of the molecule is COC(=O)[C@@H](NC(=O)c1ccccc1)[C@H]1CCCC(=O)C1. The number of esters is 1. The maximum atomic E-state index is 12.2. The number of benzene rings is 1. The fraction of sp³-hybridized carbons (Fsp3) is 0.438. The van der Waals surface area contributed by atoms with Crippen LogP contribution in [0.2, 0.25) is 0 Å². The lowest BCUT2D eigenvalue weighted by molar-refractivity contribution is -0.145. The van der Waals surface area contributed by atoms with Crippen molar-refractivity contribution >= 4 is 17.7 Å². The monoisotopic (exact) mass is 289 g/mol. The summed E-state index contributed by atoms with van der Waals surface area (Å²) in [7, 11) is 1.29. The minimum atomic E-state index is -0.771. The van der Waals surface area contributed by atoms with Crippen molar-refractivity contribution in [1.29, 1.82) is 0 Å². The van der Waals surface area contributed by atoms with Crippen LogP contribution in [0, 0.1) is 5.92 Å². The average molecular weight is 289 g/mol. The van der Waals surface area contributed by atoms with Gasteiger partial charge < -0.3 is 10.1 Å². The molecular formula is C16H19NO4. The second-order valence-electron chi connectivity index (χ2n) is 5.24. The van der Waals surface area contributed by atoms with Crippen LogP contribution >= 0.6 is 0 Å². The zero-order valence-corrected chi connectivity index (χ0v) is 12.0. The van der Waals surface area contributed by atoms with Crippen molar-refractivity contribution < 1.29 is 19.1 Å². The maximum absolute atomic E-state index is 12.2. The molecule has 1 N–H and O–H groups in total. The van der Waals surface area contributed by atoms with Crippen molar-refractivity contribution in [2.24, 2.45) is 5.92 Å². The van der Waals surface area contributed by atoms with Gasteiger partial charge in [0.2, 0.25) is 0 Å². The second kappa shape index (κ2) is 7.02. The minimum absolute atomic E-state index is 0.133. The molecule has 0 aliphatic heterocycles. The van der Waals surface area contributed by atoms with Crippen LogP contribution in [0.15, 0.2) is 30.3 Å². The molecule has 1 amide bonds. The summed E-state index contributed by atoms with van der Waals surface area (Å²) in [5, 5.41) is 2.71. The predicted octanol–water partition coefficient (Wildman–Crippen LogP) is 1.72. The minimum Gasteiger partial charge on any atom is -0.467 e. The number of nitrogens with one attached hydrogen (secondary N) is 1. The van der Waals surface area contributed by atoms with E-state index >= 15 is 0 Å². The van der Waals surface area contributed by atoms with E-state index in [-0.39, 0.29) is 17.6 Å². The van der Waals surface area contributed by atoms with Crippen LogP contribution in [0.1, 0.15) is 36.0 Å². The maximum Gasteiger partial charge on any atom is 0.328 e. The Labute approximate surface area is 123 Å². The van der Waals surface area contributed by atoms with Crippen LogP contribution in [-0.2, 0) is 14.3 Å². The molecule has 0 saturated heterocycles. The van der Waals surface area contributed by atoms with Gasteiger partial charge in [-0.1, -0.05) is 18.2 Å². The van der Waals surface area contributed by atoms with Gasteiger partial charge in [0.05, 0.1) is 7.11 Å². The Balaban J connectivity index is 2.11. The highest BCUT2D eigenvalue weighted by Gasteiger charge is 2.34. The largest absolute Gasteiger partial charge is 0.467 e. The van der Waals surface area contributed by atoms with E-state index in [9.17, 15) is 14.4 Å². The molecule has 0 heterocycles. The van der Waals surface area contributed by atoms with Crippen LogP contribution < -0.4 is 5.32 Å². The van der Waals surface area contributed by atoms with E-state index in [2.05, 4.69) is 5.32 Å². The molecule has 0 aromatic heterocycles. The van der Waals surface area contributed by atoms with Gasteiger partial charge in [-0.15, -0.1) is 0 Å². The lowest BCUT2D eigenvalue weighted by atomic mass is 9.83. The van der Waals surface area contributed by atoms with E-state index in [1.54, 1.807) is 24.3 Å². The van der Waals surface area contributed by atoms with Gasteiger partial charge in [0.1, 0.15) is 11.8 Å². The molecular weight excluding hydrogens is 270 g/mol. The van der Waals surface area contributed by atoms with Crippen LogP contribution in [0.25, 0.3) is 0 Å². The van der Waals surface area contributed by atoms with Gasteiger partial charge in [-0.3, -0.25) is 9.59 Å². The van der Waals surface area contributed by atoms with Gasteiger partial charge in [0.15, 0.2) is 0 Å². The number of carbonyl (C=O) groups is 3. The molecule has 0 unspecified atom stereocenters. The molecule has 5 nitrogen and oxygen atoms in total. The zero-order valence-electron chi connectivity index (χ0n) is 12.0. The molecule has 0 bridgehead atoms. The number of hydrogen-bond acceptors (Lipinski definition) is 4. The van der Waals surface area contributed by atoms with Gasteiger partial charge >= 0.3 is 5.97 Å². The lowest BCUT2D eigenvalue weighted by Crippen LogP contribution is -2.48. The number of hydrogen-bond donors (Lipinski definition) is 1. The topological polar surface area (TPSA) is 72.5 Å². The summed E-state index contributed by atoms with van der Waals surface area (Å²) in [5.74, 6) is -0.886. The smallest absolute Gasteiger partial charge is 0.328 e. The summed E-state index contributed by atoms with van der Waals surface area (Å²) in [6.07, 6.45) is 2.35. The number of carbonyl (C=O) groups excluding carboxylic acids is 3. The third-order valence-electron chi connectivity index (χ3n) is 3.77. The first-order valence-electron chi connectivity index (χ1n) is 7.07. The number of ketones is 1. The first kappa shape index (κ1) is 15.2. The van der Waals surface area contributed by atoms with E-state index in [0.29, 0.717) is 18.4 Å². The van der Waals surface area contributed by atoms with Gasteiger partial charge in [-0.05, 0) is 30.9 Å². The van der Waals surface area contributed by atoms with E-state index in [4.69, 9.17) is 4.74 Å². The second-order valence-corrected chi connectivity index (χ2v) is 5.24. The van der Waals surface area contributed by atoms with Crippen molar-refractivity contribution in [3.8, 4) is 0 Å². The van der Waals surface area contributed by atoms with E-state index in [0.717, 1.165) is 12.8 Å². The highest BCUT2D eigenvalue weighted by atomic mass is 16.5. The van der Waals surface area contributed by atoms with Crippen molar-refractivity contribution in [3.63, 3.8) is 0 Å². The van der Waals surface area contributed by atoms with E-state index in [1.165, 1.54) is 7.11 Å². The first-order valence-corrected chi connectivity index (χ1v) is 7.07. The third kappa shape index (κ3) is 3.90. The molecule has 2 rings (SSSR count). The fourth-order valence-corrected chi connectivity index (χ4v) is 2.65. The molecule has 112 valence electrons. The van der Waals surface area contributed by atoms with Gasteiger partial charge in [0, 0.05) is 18.4 Å². The molecule has 5 heteroatoms. The molecule has 2 atom stereocenters. The summed E-state index contributed by atoms with van der Waals surface area (Å²) < 4.78 is 4.77. The Hall–Kier alpha value is -2.17. The Morgan fingerprint density at radius 3 is 2.62 bits per heavy atom. The van der Waals surface area contributed by atoms with Gasteiger partial charge in [0.25, 0.3) is 5.91 Å². The molecule has 1 fully saturated rings. The Morgan fingerprint density at radius 2 is 2.00 bits per heavy atom. The molecule has 1 aromatic rings. The Bertz CT molecular complexity index is 526. The van der Waals surface area contributed by atoms with E-state index in [1.807, 2.05) is 6.07 Å². The average Bonchev–Trinajstić information content (AvgIpc) is 2.52. The highest BCUT2D eigenvalue weighted by Crippen LogP contribution is 2.25. The normalized spacial score (nSPS) is 19.7. The predicted molar refractivity (Wildman–Crippen MR) is 76.7 cm³/mol. The number of Topliss-reactive ketones (excluding diaryl/α,β-unsaturated/α-hetero) is 1. The van der Waals surface area contributed by atoms with Gasteiger partial charge in [-0.2, -0.15) is 0 Å². The fourth-order valence-electron chi connectivity index (χ4n) is 2.65. The molecule has 0 spiro atoms. The van der Waals surface area contributed by atoms with Crippen molar-refractivity contribution in [2.45, 2.75) is 31.7 Å². The van der Waals surface area contributed by atoms with Crippen LogP contribution in [0.5, 0.6) is 0 Å². The molecule has 0 radical (unpaired) electrons. The van der Waals surface area contributed by atoms with Crippen molar-refractivity contribution in [3.05, 3.63) is 35.9 Å². The third-order valence-corrected chi connectivity index (χ3v) is 3.77. The Kier molecular flexibility index (Phi) is 5.09. The molecule has 1 aliphatic carbocycles. The molecule has 1 aliphatic rings. The molecule has 1 aromatic carbocycles. The summed E-state index contributed by atoms with van der Waals surface area (Å²) in [6, 6.07) is 7.91. The summed E-state index contributed by atoms with van der Waals surface area (Å²) in [4.78, 5) is 35.7. The van der Waals surface area contributed by atoms with E-state index < -0.39 is 12.0 Å². The standard InChI is InChI=1S/C16H19NO4/c1-21-16(20)14(12-8-5-9-13(18)10-12)17-15(19)11-6-3-2-4-7-11/h2-4,6-7,12,14H,5,8-10H2,1H3,(H,17,19)/t12-,14-/m0/s1. The molecule has 21 heavy (non-hydrogen) atoms. The van der Waals surface area contributed by atoms with Crippen LogP contribution in [-0.4, -0.2) is 30.8 Å². The van der Waals surface area contributed by atoms with Crippen LogP contribution in [0.3, 0.4) is 0 Å². The number of rotatable bonds is 4. The zero-order chi connectivity index (χ0) is 15.2. The first-order chi connectivity index (χ1) is 10.1. The van der Waals surface area contributed by atoms with Crippen molar-refractivity contribution in [1.82, 2.24) is 5.32 Å². The van der Waals surface area contributed by atoms with Crippen molar-refractivity contribution in [2.75, 3.05) is 7.11 Å². The summed E-state index contributed by atoms with van der Waals surface area (Å²) in [6.45, 7) is 0.